The second-order valence-corrected chi connectivity index (χ2v) is 7.16. The van der Waals surface area contributed by atoms with Crippen LogP contribution in [-0.2, 0) is 4.79 Å². The third-order valence-corrected chi connectivity index (χ3v) is 5.18. The second-order valence-electron chi connectivity index (χ2n) is 7.16. The predicted octanol–water partition coefficient (Wildman–Crippen LogP) is 2.05. The predicted molar refractivity (Wildman–Crippen MR) is 73.5 cm³/mol. The highest BCUT2D eigenvalue weighted by atomic mass is 19.1. The van der Waals surface area contributed by atoms with Crippen molar-refractivity contribution >= 4 is 5.78 Å². The molecule has 0 spiro atoms. The fourth-order valence-electron chi connectivity index (χ4n) is 4.68. The minimum absolute atomic E-state index is 0.00884. The molecule has 0 aromatic heterocycles. The number of rotatable bonds is 1. The first-order valence-electron chi connectivity index (χ1n) is 7.20. The number of carbonyl (C=O) groups is 1. The number of hydrogen-bond donors (Lipinski definition) is 0. The number of carbonyl (C=O) groups excluding carboxylic acids is 1. The Morgan fingerprint density at radius 2 is 1.55 bits per heavy atom. The molecule has 4 heterocycles. The Kier molecular flexibility index (Phi) is 2.30. The highest BCUT2D eigenvalue weighted by Crippen LogP contribution is 2.52. The van der Waals surface area contributed by atoms with E-state index in [1.165, 1.54) is 6.07 Å². The van der Waals surface area contributed by atoms with Gasteiger partial charge in [0.1, 0.15) is 11.6 Å². The molecule has 20 heavy (non-hydrogen) atoms. The van der Waals surface area contributed by atoms with Gasteiger partial charge in [0.25, 0.3) is 0 Å². The lowest BCUT2D eigenvalue weighted by molar-refractivity contribution is -0.197. The Morgan fingerprint density at radius 1 is 1.05 bits per heavy atom. The number of ketones is 1. The van der Waals surface area contributed by atoms with E-state index in [1.54, 1.807) is 6.07 Å². The molecule has 1 aromatic rings. The van der Waals surface area contributed by atoms with E-state index in [4.69, 9.17) is 0 Å². The van der Waals surface area contributed by atoms with E-state index in [0.29, 0.717) is 5.78 Å². The Bertz CT molecular complexity index is 560. The van der Waals surface area contributed by atoms with Crippen LogP contribution in [-0.4, -0.2) is 41.8 Å². The third-order valence-electron chi connectivity index (χ3n) is 5.18. The summed E-state index contributed by atoms with van der Waals surface area (Å²) in [5.41, 5.74) is 0.172. The Hall–Kier alpha value is -1.26. The Labute approximate surface area is 118 Å². The standard InChI is InChI=1S/C16H19FN2O/c1-15-7-18-9-16(2,14(15)20)10-19(8-15)13(18)11-5-3-4-6-12(11)17/h3-6,13H,7-10H2,1-2H3. The molecule has 4 aliphatic rings. The molecule has 4 fully saturated rings. The van der Waals surface area contributed by atoms with Crippen molar-refractivity contribution in [2.45, 2.75) is 20.0 Å². The van der Waals surface area contributed by atoms with Crippen LogP contribution in [0.3, 0.4) is 0 Å². The number of nitrogens with zero attached hydrogens (tertiary/aromatic N) is 2. The van der Waals surface area contributed by atoms with Crippen molar-refractivity contribution in [3.63, 3.8) is 0 Å². The van der Waals surface area contributed by atoms with E-state index in [1.807, 2.05) is 12.1 Å². The van der Waals surface area contributed by atoms with Gasteiger partial charge in [0.2, 0.25) is 0 Å². The number of Topliss-reactive ketones (excluding diaryl/α,β-unsaturated/α-hetero) is 1. The lowest BCUT2D eigenvalue weighted by Gasteiger charge is -2.64. The zero-order valence-corrected chi connectivity index (χ0v) is 11.9. The van der Waals surface area contributed by atoms with Gasteiger partial charge in [0.05, 0.1) is 17.0 Å². The van der Waals surface area contributed by atoms with Crippen LogP contribution >= 0.6 is 0 Å². The van der Waals surface area contributed by atoms with Gasteiger partial charge in [0.15, 0.2) is 0 Å². The van der Waals surface area contributed by atoms with Gasteiger partial charge in [-0.2, -0.15) is 0 Å². The van der Waals surface area contributed by atoms with Crippen molar-refractivity contribution in [1.82, 2.24) is 9.80 Å². The second kappa shape index (κ2) is 3.68. The molecule has 0 amide bonds. The van der Waals surface area contributed by atoms with Gasteiger partial charge in [-0.1, -0.05) is 32.0 Å². The molecule has 4 saturated heterocycles. The topological polar surface area (TPSA) is 23.6 Å². The molecule has 3 nitrogen and oxygen atoms in total. The molecular formula is C16H19FN2O. The molecule has 4 heteroatoms. The molecule has 0 saturated carbocycles. The summed E-state index contributed by atoms with van der Waals surface area (Å²) in [5.74, 6) is 0.246. The van der Waals surface area contributed by atoms with E-state index in [9.17, 15) is 9.18 Å². The van der Waals surface area contributed by atoms with Gasteiger partial charge in [-0.05, 0) is 6.07 Å². The summed E-state index contributed by atoms with van der Waals surface area (Å²) in [6.45, 7) is 7.11. The smallest absolute Gasteiger partial charge is 0.149 e. The molecule has 5 rings (SSSR count). The molecule has 0 N–H and O–H groups in total. The fourth-order valence-corrected chi connectivity index (χ4v) is 4.68. The van der Waals surface area contributed by atoms with Crippen LogP contribution in [0.1, 0.15) is 25.6 Å². The number of benzene rings is 1. The van der Waals surface area contributed by atoms with Crippen molar-refractivity contribution in [1.29, 1.82) is 0 Å². The molecule has 0 atom stereocenters. The van der Waals surface area contributed by atoms with Crippen LogP contribution in [0.15, 0.2) is 24.3 Å². The monoisotopic (exact) mass is 274 g/mol. The average molecular weight is 274 g/mol. The maximum absolute atomic E-state index is 14.1. The number of halogens is 1. The third kappa shape index (κ3) is 1.44. The molecule has 0 radical (unpaired) electrons. The summed E-state index contributed by atoms with van der Waals surface area (Å²) in [4.78, 5) is 17.2. The van der Waals surface area contributed by atoms with Gasteiger partial charge in [0, 0.05) is 31.7 Å². The molecular weight excluding hydrogens is 255 g/mol. The highest BCUT2D eigenvalue weighted by molar-refractivity contribution is 5.92. The van der Waals surface area contributed by atoms with Gasteiger partial charge in [-0.15, -0.1) is 0 Å². The Morgan fingerprint density at radius 3 is 2.05 bits per heavy atom. The first-order chi connectivity index (χ1) is 9.43. The van der Waals surface area contributed by atoms with Crippen LogP contribution in [0.25, 0.3) is 0 Å². The molecule has 4 bridgehead atoms. The molecule has 106 valence electrons. The first kappa shape index (κ1) is 12.5. The lowest BCUT2D eigenvalue weighted by atomic mass is 9.62. The summed E-state index contributed by atoms with van der Waals surface area (Å²) in [6, 6.07) is 7.01. The molecule has 4 aliphatic heterocycles. The summed E-state index contributed by atoms with van der Waals surface area (Å²) in [5, 5.41) is 0. The summed E-state index contributed by atoms with van der Waals surface area (Å²) in [7, 11) is 0. The van der Waals surface area contributed by atoms with Crippen molar-refractivity contribution in [2.75, 3.05) is 26.2 Å². The van der Waals surface area contributed by atoms with Crippen molar-refractivity contribution in [3.05, 3.63) is 35.6 Å². The van der Waals surface area contributed by atoms with E-state index in [0.717, 1.165) is 31.7 Å². The molecule has 0 aliphatic carbocycles. The van der Waals surface area contributed by atoms with Crippen molar-refractivity contribution in [2.24, 2.45) is 10.8 Å². The van der Waals surface area contributed by atoms with Crippen LogP contribution in [0.2, 0.25) is 0 Å². The highest BCUT2D eigenvalue weighted by Gasteiger charge is 2.62. The fraction of sp³-hybridized carbons (Fsp3) is 0.562. The van der Waals surface area contributed by atoms with Crippen LogP contribution in [0, 0.1) is 16.6 Å². The van der Waals surface area contributed by atoms with E-state index >= 15 is 0 Å². The minimum atomic E-state index is -0.285. The summed E-state index contributed by atoms with van der Waals surface area (Å²) < 4.78 is 14.1. The van der Waals surface area contributed by atoms with Gasteiger partial charge in [-0.25, -0.2) is 4.39 Å². The van der Waals surface area contributed by atoms with Gasteiger partial charge >= 0.3 is 0 Å². The first-order valence-corrected chi connectivity index (χ1v) is 7.20. The largest absolute Gasteiger partial charge is 0.298 e. The summed E-state index contributed by atoms with van der Waals surface area (Å²) >= 11 is 0. The van der Waals surface area contributed by atoms with Gasteiger partial charge < -0.3 is 0 Å². The maximum Gasteiger partial charge on any atom is 0.149 e. The normalized spacial score (nSPS) is 46.0. The number of hydrogen-bond acceptors (Lipinski definition) is 3. The van der Waals surface area contributed by atoms with Gasteiger partial charge in [-0.3, -0.25) is 14.6 Å². The van der Waals surface area contributed by atoms with E-state index in [-0.39, 0.29) is 22.8 Å². The van der Waals surface area contributed by atoms with Crippen LogP contribution < -0.4 is 0 Å². The summed E-state index contributed by atoms with van der Waals surface area (Å²) in [6.07, 6.45) is -0.00884. The molecule has 1 aromatic carbocycles. The molecule has 0 unspecified atom stereocenters. The zero-order valence-electron chi connectivity index (χ0n) is 11.9. The van der Waals surface area contributed by atoms with Crippen molar-refractivity contribution in [3.8, 4) is 0 Å². The lowest BCUT2D eigenvalue weighted by Crippen LogP contribution is -2.75. The zero-order chi connectivity index (χ0) is 14.1. The van der Waals surface area contributed by atoms with Crippen LogP contribution in [0.5, 0.6) is 0 Å². The van der Waals surface area contributed by atoms with Crippen LogP contribution in [0.4, 0.5) is 4.39 Å². The van der Waals surface area contributed by atoms with E-state index in [2.05, 4.69) is 23.6 Å². The quantitative estimate of drug-likeness (QED) is 0.783. The maximum atomic E-state index is 14.1. The SMILES string of the molecule is CC12CN3CC(C)(CN(C1)C3c1ccccc1F)C2=O. The minimum Gasteiger partial charge on any atom is -0.298 e. The number of piperidine rings is 2. The Balaban J connectivity index is 1.78. The van der Waals surface area contributed by atoms with Crippen molar-refractivity contribution < 1.29 is 9.18 Å². The van der Waals surface area contributed by atoms with E-state index < -0.39 is 0 Å². The average Bonchev–Trinajstić information content (AvgIpc) is 2.36.